The van der Waals surface area contributed by atoms with Crippen molar-refractivity contribution < 1.29 is 0 Å². The highest BCUT2D eigenvalue weighted by atomic mass is 15.1. The standard InChI is InChI=1S/C76H54N2/c1-75(2)67-35-16-12-31-62(67)63-46-45-59(50-70(63)75)77(57-28-10-5-11-29-57)71-38-18-14-30-60(71)54-23-20-22-52(48-54)53-42-47-73-66(49-53)64-32-15-19-39-72(64)78(73)58-43-40-51(41-44-58)61-34-21-37-69-74(61)65-33-13-17-36-68(65)76(69,55-24-6-3-7-25-55)56-26-8-4-9-27-56/h3-50H,1-2H3. The van der Waals surface area contributed by atoms with Crippen molar-refractivity contribution in [2.45, 2.75) is 24.7 Å². The number of rotatable bonds is 9. The van der Waals surface area contributed by atoms with Gasteiger partial charge in [0.1, 0.15) is 0 Å². The Morgan fingerprint density at radius 2 is 0.859 bits per heavy atom. The van der Waals surface area contributed by atoms with E-state index in [1.54, 1.807) is 0 Å². The molecule has 2 aliphatic carbocycles. The van der Waals surface area contributed by atoms with E-state index in [4.69, 9.17) is 0 Å². The Bertz CT molecular complexity index is 4410. The first-order valence-electron chi connectivity index (χ1n) is 27.2. The Hall–Kier alpha value is -9.76. The molecule has 0 radical (unpaired) electrons. The van der Waals surface area contributed by atoms with Crippen LogP contribution in [0.15, 0.2) is 291 Å². The van der Waals surface area contributed by atoms with Crippen LogP contribution in [0.2, 0.25) is 0 Å². The zero-order valence-corrected chi connectivity index (χ0v) is 43.6. The first kappa shape index (κ1) is 45.6. The van der Waals surface area contributed by atoms with Crippen LogP contribution in [-0.4, -0.2) is 4.57 Å². The highest BCUT2D eigenvalue weighted by Gasteiger charge is 2.47. The van der Waals surface area contributed by atoms with Gasteiger partial charge in [-0.15, -0.1) is 0 Å². The summed E-state index contributed by atoms with van der Waals surface area (Å²) in [5, 5.41) is 2.46. The monoisotopic (exact) mass is 994 g/mol. The second kappa shape index (κ2) is 17.9. The number of hydrogen-bond acceptors (Lipinski definition) is 1. The van der Waals surface area contributed by atoms with Crippen LogP contribution in [0.3, 0.4) is 0 Å². The van der Waals surface area contributed by atoms with Crippen molar-refractivity contribution in [2.24, 2.45) is 0 Å². The molecule has 0 bridgehead atoms. The lowest BCUT2D eigenvalue weighted by Gasteiger charge is -2.34. The maximum absolute atomic E-state index is 2.43. The van der Waals surface area contributed by atoms with Crippen LogP contribution in [0.4, 0.5) is 17.1 Å². The summed E-state index contributed by atoms with van der Waals surface area (Å²) in [5.74, 6) is 0. The van der Waals surface area contributed by atoms with Crippen molar-refractivity contribution in [3.05, 3.63) is 325 Å². The molecule has 0 amide bonds. The molecule has 0 fully saturated rings. The fourth-order valence-electron chi connectivity index (χ4n) is 13.6. The molecule has 0 aliphatic heterocycles. The first-order valence-corrected chi connectivity index (χ1v) is 27.2. The van der Waals surface area contributed by atoms with Gasteiger partial charge in [-0.25, -0.2) is 0 Å². The number of hydrogen-bond donors (Lipinski definition) is 0. The van der Waals surface area contributed by atoms with Gasteiger partial charge in [0, 0.05) is 38.8 Å². The van der Waals surface area contributed by atoms with Crippen molar-refractivity contribution in [3.8, 4) is 61.3 Å². The topological polar surface area (TPSA) is 8.17 Å². The third kappa shape index (κ3) is 6.89. The number of aromatic nitrogens is 1. The third-order valence-electron chi connectivity index (χ3n) is 17.1. The van der Waals surface area contributed by atoms with Crippen LogP contribution < -0.4 is 4.90 Å². The molecule has 78 heavy (non-hydrogen) atoms. The van der Waals surface area contributed by atoms with Crippen LogP contribution >= 0.6 is 0 Å². The summed E-state index contributed by atoms with van der Waals surface area (Å²) >= 11 is 0. The molecule has 2 aliphatic rings. The molecule has 0 atom stereocenters. The fourth-order valence-corrected chi connectivity index (χ4v) is 13.6. The number of benzene rings is 12. The zero-order chi connectivity index (χ0) is 52.0. The van der Waals surface area contributed by atoms with Crippen molar-refractivity contribution in [1.82, 2.24) is 4.57 Å². The molecule has 0 N–H and O–H groups in total. The van der Waals surface area contributed by atoms with E-state index >= 15 is 0 Å². The molecule has 0 spiro atoms. The van der Waals surface area contributed by atoms with Crippen LogP contribution in [0.5, 0.6) is 0 Å². The van der Waals surface area contributed by atoms with Crippen molar-refractivity contribution in [1.29, 1.82) is 0 Å². The predicted octanol–water partition coefficient (Wildman–Crippen LogP) is 19.9. The van der Waals surface area contributed by atoms with Gasteiger partial charge in [0.15, 0.2) is 0 Å². The normalized spacial score (nSPS) is 13.5. The summed E-state index contributed by atoms with van der Waals surface area (Å²) in [7, 11) is 0. The van der Waals surface area contributed by atoms with Gasteiger partial charge in [-0.2, -0.15) is 0 Å². The van der Waals surface area contributed by atoms with E-state index in [9.17, 15) is 0 Å². The van der Waals surface area contributed by atoms with Crippen molar-refractivity contribution in [2.75, 3.05) is 4.90 Å². The molecule has 1 aromatic heterocycles. The molecule has 13 aromatic rings. The van der Waals surface area contributed by atoms with E-state index in [0.717, 1.165) is 22.7 Å². The van der Waals surface area contributed by atoms with Crippen LogP contribution in [-0.2, 0) is 10.8 Å². The maximum atomic E-state index is 2.43. The molecule has 0 saturated heterocycles. The minimum atomic E-state index is -0.448. The van der Waals surface area contributed by atoms with Gasteiger partial charge in [0.25, 0.3) is 0 Å². The molecule has 2 heteroatoms. The molecule has 1 heterocycles. The van der Waals surface area contributed by atoms with E-state index in [0.29, 0.717) is 0 Å². The Morgan fingerprint density at radius 1 is 0.308 bits per heavy atom. The number of nitrogens with zero attached hydrogens (tertiary/aromatic N) is 2. The lowest BCUT2D eigenvalue weighted by Crippen LogP contribution is -2.28. The lowest BCUT2D eigenvalue weighted by atomic mass is 9.67. The summed E-state index contributed by atoms with van der Waals surface area (Å²) in [6.45, 7) is 4.72. The minimum absolute atomic E-state index is 0.117. The molecular formula is C76H54N2. The highest BCUT2D eigenvalue weighted by Crippen LogP contribution is 2.58. The van der Waals surface area contributed by atoms with Gasteiger partial charge >= 0.3 is 0 Å². The van der Waals surface area contributed by atoms with Gasteiger partial charge in [0.05, 0.1) is 22.1 Å². The third-order valence-corrected chi connectivity index (χ3v) is 17.1. The Balaban J connectivity index is 0.804. The quantitative estimate of drug-likeness (QED) is 0.140. The van der Waals surface area contributed by atoms with E-state index in [-0.39, 0.29) is 5.41 Å². The number of para-hydroxylation sites is 3. The molecule has 368 valence electrons. The summed E-state index contributed by atoms with van der Waals surface area (Å²) < 4.78 is 2.43. The number of fused-ring (bicyclic) bond motifs is 9. The van der Waals surface area contributed by atoms with Gasteiger partial charge in [-0.1, -0.05) is 238 Å². The Kier molecular flexibility index (Phi) is 10.5. The maximum Gasteiger partial charge on any atom is 0.0713 e. The summed E-state index contributed by atoms with van der Waals surface area (Å²) in [4.78, 5) is 2.43. The molecular weight excluding hydrogens is 941 g/mol. The highest BCUT2D eigenvalue weighted by molar-refractivity contribution is 6.10. The lowest BCUT2D eigenvalue weighted by molar-refractivity contribution is 0.660. The largest absolute Gasteiger partial charge is 0.310 e. The second-order valence-electron chi connectivity index (χ2n) is 21.6. The zero-order valence-electron chi connectivity index (χ0n) is 43.6. The predicted molar refractivity (Wildman–Crippen MR) is 327 cm³/mol. The summed E-state index contributed by atoms with van der Waals surface area (Å²) in [6, 6.07) is 108. The van der Waals surface area contributed by atoms with Crippen LogP contribution in [0, 0.1) is 0 Å². The van der Waals surface area contributed by atoms with E-state index in [1.807, 2.05) is 0 Å². The number of anilines is 3. The second-order valence-corrected chi connectivity index (χ2v) is 21.6. The molecule has 0 saturated carbocycles. The van der Waals surface area contributed by atoms with Crippen molar-refractivity contribution >= 4 is 38.9 Å². The average Bonchev–Trinajstić information content (AvgIpc) is 4.31. The average molecular weight is 995 g/mol. The Morgan fingerprint density at radius 3 is 1.63 bits per heavy atom. The van der Waals surface area contributed by atoms with E-state index < -0.39 is 5.41 Å². The minimum Gasteiger partial charge on any atom is -0.310 e. The summed E-state index contributed by atoms with van der Waals surface area (Å²) in [6.07, 6.45) is 0. The van der Waals surface area contributed by atoms with E-state index in [2.05, 4.69) is 315 Å². The molecule has 12 aromatic carbocycles. The van der Waals surface area contributed by atoms with Gasteiger partial charge in [-0.3, -0.25) is 0 Å². The molecule has 0 unspecified atom stereocenters. The first-order chi connectivity index (χ1) is 38.5. The van der Waals surface area contributed by atoms with Crippen LogP contribution in [0.1, 0.15) is 47.2 Å². The van der Waals surface area contributed by atoms with Gasteiger partial charge < -0.3 is 9.47 Å². The Labute approximate surface area is 456 Å². The molecule has 2 nitrogen and oxygen atoms in total. The smallest absolute Gasteiger partial charge is 0.0713 e. The SMILES string of the molecule is CC1(C)c2ccccc2-c2ccc(N(c3ccccc3)c3ccccc3-c3cccc(-c4ccc5c(c4)c4ccccc4n5-c4ccc(-c5cccc6c5-c5ccccc5C6(c5ccccc5)c5ccccc5)cc4)c3)cc21. The fraction of sp³-hybridized carbons (Fsp3) is 0.0526. The van der Waals surface area contributed by atoms with Gasteiger partial charge in [0.2, 0.25) is 0 Å². The van der Waals surface area contributed by atoms with E-state index in [1.165, 1.54) is 111 Å². The van der Waals surface area contributed by atoms with Gasteiger partial charge in [-0.05, 0) is 150 Å². The summed E-state index contributed by atoms with van der Waals surface area (Å²) in [5.41, 5.74) is 26.6. The van der Waals surface area contributed by atoms with Crippen LogP contribution in [0.25, 0.3) is 83.1 Å². The molecule has 15 rings (SSSR count). The van der Waals surface area contributed by atoms with Crippen molar-refractivity contribution in [3.63, 3.8) is 0 Å².